The third-order valence-electron chi connectivity index (χ3n) is 3.08. The molecule has 0 radical (unpaired) electrons. The smallest absolute Gasteiger partial charge is 0.140 e. The van der Waals surface area contributed by atoms with Crippen molar-refractivity contribution in [1.82, 2.24) is 0 Å². The molecule has 0 bridgehead atoms. The van der Waals surface area contributed by atoms with Crippen LogP contribution in [0.3, 0.4) is 0 Å². The van der Waals surface area contributed by atoms with Crippen molar-refractivity contribution in [2.24, 2.45) is 5.73 Å². The van der Waals surface area contributed by atoms with Gasteiger partial charge in [-0.05, 0) is 44.4 Å². The molecule has 1 aliphatic rings. The van der Waals surface area contributed by atoms with Gasteiger partial charge in [0.1, 0.15) is 11.4 Å². The van der Waals surface area contributed by atoms with Gasteiger partial charge in [-0.2, -0.15) is 0 Å². The molecule has 1 aliphatic carbocycles. The fourth-order valence-electron chi connectivity index (χ4n) is 2.03. The van der Waals surface area contributed by atoms with E-state index in [-0.39, 0.29) is 5.60 Å². The predicted octanol–water partition coefficient (Wildman–Crippen LogP) is 3.64. The molecule has 0 saturated heterocycles. The first kappa shape index (κ1) is 12.0. The Kier molecular flexibility index (Phi) is 3.63. The maximum atomic E-state index is 6.07. The molecule has 2 rings (SSSR count). The lowest BCUT2D eigenvalue weighted by Crippen LogP contribution is -2.44. The molecule has 2 nitrogen and oxygen atoms in total. The molecule has 0 amide bonds. The van der Waals surface area contributed by atoms with E-state index in [1.165, 1.54) is 6.42 Å². The second-order valence-electron chi connectivity index (χ2n) is 4.25. The Morgan fingerprint density at radius 3 is 2.62 bits per heavy atom. The Morgan fingerprint density at radius 2 is 2.06 bits per heavy atom. The van der Waals surface area contributed by atoms with Crippen LogP contribution in [0, 0.1) is 0 Å². The molecule has 1 aromatic carbocycles. The third-order valence-corrected chi connectivity index (χ3v) is 3.63. The Balaban J connectivity index is 2.15. The molecule has 16 heavy (non-hydrogen) atoms. The minimum absolute atomic E-state index is 0.108. The maximum absolute atomic E-state index is 6.07. The molecule has 1 fully saturated rings. The van der Waals surface area contributed by atoms with Crippen LogP contribution in [0.1, 0.15) is 25.7 Å². The van der Waals surface area contributed by atoms with Crippen molar-refractivity contribution >= 4 is 23.2 Å². The lowest BCUT2D eigenvalue weighted by Gasteiger charge is -2.42. The Labute approximate surface area is 106 Å². The number of hydrogen-bond acceptors (Lipinski definition) is 2. The highest BCUT2D eigenvalue weighted by Crippen LogP contribution is 2.41. The monoisotopic (exact) mass is 259 g/mol. The van der Waals surface area contributed by atoms with Gasteiger partial charge in [-0.1, -0.05) is 23.2 Å². The van der Waals surface area contributed by atoms with Gasteiger partial charge in [0.05, 0.1) is 5.02 Å². The van der Waals surface area contributed by atoms with Crippen molar-refractivity contribution in [3.63, 3.8) is 0 Å². The van der Waals surface area contributed by atoms with Crippen LogP contribution in [0.4, 0.5) is 0 Å². The van der Waals surface area contributed by atoms with E-state index < -0.39 is 0 Å². The number of halogens is 2. The largest absolute Gasteiger partial charge is 0.486 e. The molecular formula is C12H15Cl2NO. The fourth-order valence-corrected chi connectivity index (χ4v) is 2.34. The van der Waals surface area contributed by atoms with Gasteiger partial charge in [0.25, 0.3) is 0 Å². The van der Waals surface area contributed by atoms with Crippen LogP contribution in [-0.4, -0.2) is 12.1 Å². The number of rotatable bonds is 4. The van der Waals surface area contributed by atoms with Crippen molar-refractivity contribution in [1.29, 1.82) is 0 Å². The van der Waals surface area contributed by atoms with Gasteiger partial charge in [-0.25, -0.2) is 0 Å². The van der Waals surface area contributed by atoms with Gasteiger partial charge >= 0.3 is 0 Å². The lowest BCUT2D eigenvalue weighted by atomic mass is 9.77. The number of hydrogen-bond donors (Lipinski definition) is 1. The molecule has 2 N–H and O–H groups in total. The minimum atomic E-state index is -0.108. The number of nitrogens with two attached hydrogens (primary N) is 1. The summed E-state index contributed by atoms with van der Waals surface area (Å²) in [4.78, 5) is 0. The van der Waals surface area contributed by atoms with Crippen LogP contribution in [0.15, 0.2) is 18.2 Å². The molecule has 4 heteroatoms. The first-order valence-electron chi connectivity index (χ1n) is 5.49. The van der Waals surface area contributed by atoms with Gasteiger partial charge in [0.15, 0.2) is 0 Å². The second-order valence-corrected chi connectivity index (χ2v) is 5.10. The molecule has 0 spiro atoms. The van der Waals surface area contributed by atoms with Crippen molar-refractivity contribution < 1.29 is 4.74 Å². The van der Waals surface area contributed by atoms with E-state index in [9.17, 15) is 0 Å². The molecule has 1 saturated carbocycles. The van der Waals surface area contributed by atoms with Crippen LogP contribution in [0.2, 0.25) is 10.0 Å². The molecule has 0 unspecified atom stereocenters. The molecule has 0 aromatic heterocycles. The van der Waals surface area contributed by atoms with E-state index in [4.69, 9.17) is 33.7 Å². The molecule has 0 aliphatic heterocycles. The zero-order valence-electron chi connectivity index (χ0n) is 9.01. The average molecular weight is 260 g/mol. The Morgan fingerprint density at radius 1 is 1.31 bits per heavy atom. The highest BCUT2D eigenvalue weighted by molar-refractivity contribution is 6.34. The van der Waals surface area contributed by atoms with Gasteiger partial charge in [0, 0.05) is 11.1 Å². The summed E-state index contributed by atoms with van der Waals surface area (Å²) in [5.74, 6) is 0.669. The van der Waals surface area contributed by atoms with Crippen molar-refractivity contribution in [3.8, 4) is 5.75 Å². The zero-order chi connectivity index (χ0) is 11.6. The minimum Gasteiger partial charge on any atom is -0.486 e. The van der Waals surface area contributed by atoms with Crippen LogP contribution in [0.25, 0.3) is 0 Å². The highest BCUT2D eigenvalue weighted by Gasteiger charge is 2.38. The van der Waals surface area contributed by atoms with E-state index in [0.29, 0.717) is 22.3 Å². The summed E-state index contributed by atoms with van der Waals surface area (Å²) in [6.07, 6.45) is 4.16. The molecular weight excluding hydrogens is 245 g/mol. The van der Waals surface area contributed by atoms with Gasteiger partial charge < -0.3 is 10.5 Å². The first-order valence-corrected chi connectivity index (χ1v) is 6.25. The van der Waals surface area contributed by atoms with E-state index >= 15 is 0 Å². The molecule has 0 heterocycles. The van der Waals surface area contributed by atoms with E-state index in [1.54, 1.807) is 18.2 Å². The van der Waals surface area contributed by atoms with Crippen molar-refractivity contribution in [2.45, 2.75) is 31.3 Å². The topological polar surface area (TPSA) is 35.2 Å². The second kappa shape index (κ2) is 4.82. The van der Waals surface area contributed by atoms with Crippen LogP contribution in [0.5, 0.6) is 5.75 Å². The Bertz CT molecular complexity index is 377. The standard InChI is InChI=1S/C12H15Cl2NO/c13-9-2-3-10(14)11(8-9)16-12(6-7-15)4-1-5-12/h2-3,8H,1,4-7,15H2. The summed E-state index contributed by atoms with van der Waals surface area (Å²) in [7, 11) is 0. The third kappa shape index (κ3) is 2.45. The Hall–Kier alpha value is -0.440. The van der Waals surface area contributed by atoms with E-state index in [1.807, 2.05) is 0 Å². The van der Waals surface area contributed by atoms with Gasteiger partial charge in [0.2, 0.25) is 0 Å². The van der Waals surface area contributed by atoms with Gasteiger partial charge in [-0.3, -0.25) is 0 Å². The lowest BCUT2D eigenvalue weighted by molar-refractivity contribution is -0.0124. The predicted molar refractivity (Wildman–Crippen MR) is 67.3 cm³/mol. The van der Waals surface area contributed by atoms with Gasteiger partial charge in [-0.15, -0.1) is 0 Å². The first-order chi connectivity index (χ1) is 7.65. The van der Waals surface area contributed by atoms with Crippen LogP contribution < -0.4 is 10.5 Å². The maximum Gasteiger partial charge on any atom is 0.140 e. The molecule has 1 aromatic rings. The summed E-state index contributed by atoms with van der Waals surface area (Å²) in [5.41, 5.74) is 5.50. The molecule has 0 atom stereocenters. The number of benzene rings is 1. The summed E-state index contributed by atoms with van der Waals surface area (Å²) in [6.45, 7) is 0.637. The van der Waals surface area contributed by atoms with Crippen molar-refractivity contribution in [3.05, 3.63) is 28.2 Å². The summed E-state index contributed by atoms with van der Waals surface area (Å²) in [5, 5.41) is 1.24. The summed E-state index contributed by atoms with van der Waals surface area (Å²) >= 11 is 12.0. The van der Waals surface area contributed by atoms with Crippen LogP contribution in [-0.2, 0) is 0 Å². The van der Waals surface area contributed by atoms with Crippen LogP contribution >= 0.6 is 23.2 Å². The SMILES string of the molecule is NCCC1(Oc2cc(Cl)ccc2Cl)CCC1. The van der Waals surface area contributed by atoms with E-state index in [2.05, 4.69) is 0 Å². The average Bonchev–Trinajstić information content (AvgIpc) is 2.20. The fraction of sp³-hybridized carbons (Fsp3) is 0.500. The normalized spacial score (nSPS) is 17.9. The van der Waals surface area contributed by atoms with Crippen molar-refractivity contribution in [2.75, 3.05) is 6.54 Å². The quantitative estimate of drug-likeness (QED) is 0.896. The summed E-state index contributed by atoms with van der Waals surface area (Å²) < 4.78 is 5.99. The highest BCUT2D eigenvalue weighted by atomic mass is 35.5. The zero-order valence-corrected chi connectivity index (χ0v) is 10.5. The number of ether oxygens (including phenoxy) is 1. The molecule has 88 valence electrons. The van der Waals surface area contributed by atoms with E-state index in [0.717, 1.165) is 19.3 Å². The summed E-state index contributed by atoms with van der Waals surface area (Å²) in [6, 6.07) is 5.28.